The Hall–Kier alpha value is -1.88. The van der Waals surface area contributed by atoms with Crippen LogP contribution in [-0.2, 0) is 7.05 Å². The molecule has 0 amide bonds. The molecule has 0 bridgehead atoms. The quantitative estimate of drug-likeness (QED) is 0.817. The van der Waals surface area contributed by atoms with Crippen molar-refractivity contribution in [3.8, 4) is 0 Å². The average Bonchev–Trinajstić information content (AvgIpc) is 2.46. The van der Waals surface area contributed by atoms with Crippen LogP contribution in [0, 0.1) is 0 Å². The molecule has 0 spiro atoms. The minimum atomic E-state index is -0.225. The Bertz CT molecular complexity index is 724. The first-order valence-corrected chi connectivity index (χ1v) is 6.61. The normalized spacial score (nSPS) is 19.7. The van der Waals surface area contributed by atoms with Gasteiger partial charge in [-0.3, -0.25) is 13.9 Å². The van der Waals surface area contributed by atoms with Gasteiger partial charge in [-0.25, -0.2) is 4.79 Å². The summed E-state index contributed by atoms with van der Waals surface area (Å²) in [6.45, 7) is 1.65. The molecule has 0 radical (unpaired) electrons. The Morgan fingerprint density at radius 2 is 2.05 bits per heavy atom. The van der Waals surface area contributed by atoms with Crippen LogP contribution < -0.4 is 16.6 Å². The molecule has 1 N–H and O–H groups in total. The molecular formula is C14H17N3O2. The van der Waals surface area contributed by atoms with Crippen LogP contribution >= 0.6 is 0 Å². The number of benzene rings is 1. The lowest BCUT2D eigenvalue weighted by Crippen LogP contribution is -2.46. The number of nitrogens with one attached hydrogen (secondary N) is 1. The fraction of sp³-hybridized carbons (Fsp3) is 0.429. The van der Waals surface area contributed by atoms with Gasteiger partial charge in [0.2, 0.25) is 0 Å². The van der Waals surface area contributed by atoms with Crippen LogP contribution in [-0.4, -0.2) is 22.2 Å². The Labute approximate surface area is 110 Å². The van der Waals surface area contributed by atoms with E-state index >= 15 is 0 Å². The van der Waals surface area contributed by atoms with Crippen LogP contribution in [0.15, 0.2) is 33.9 Å². The maximum Gasteiger partial charge on any atom is 0.331 e. The molecule has 2 heterocycles. The summed E-state index contributed by atoms with van der Waals surface area (Å²) in [5.41, 5.74) is 0.294. The van der Waals surface area contributed by atoms with Crippen molar-refractivity contribution >= 4 is 10.9 Å². The average molecular weight is 259 g/mol. The van der Waals surface area contributed by atoms with E-state index in [1.54, 1.807) is 17.7 Å². The Kier molecular flexibility index (Phi) is 2.98. The molecule has 5 nitrogen and oxygen atoms in total. The molecule has 0 unspecified atom stereocenters. The van der Waals surface area contributed by atoms with E-state index in [-0.39, 0.29) is 17.3 Å². The van der Waals surface area contributed by atoms with Crippen molar-refractivity contribution in [1.29, 1.82) is 0 Å². The summed E-state index contributed by atoms with van der Waals surface area (Å²) in [5, 5.41) is 3.85. The lowest BCUT2D eigenvalue weighted by atomic mass is 10.1. The van der Waals surface area contributed by atoms with Crippen molar-refractivity contribution in [2.45, 2.75) is 18.9 Å². The highest BCUT2D eigenvalue weighted by molar-refractivity contribution is 5.77. The zero-order valence-electron chi connectivity index (χ0n) is 10.9. The van der Waals surface area contributed by atoms with Gasteiger partial charge < -0.3 is 5.32 Å². The van der Waals surface area contributed by atoms with Crippen molar-refractivity contribution in [3.63, 3.8) is 0 Å². The second kappa shape index (κ2) is 4.66. The molecule has 1 aromatic heterocycles. The van der Waals surface area contributed by atoms with Crippen molar-refractivity contribution in [2.75, 3.05) is 13.1 Å². The Morgan fingerprint density at radius 3 is 2.79 bits per heavy atom. The first-order chi connectivity index (χ1) is 9.20. The maximum atomic E-state index is 12.5. The second-order valence-corrected chi connectivity index (χ2v) is 5.03. The zero-order chi connectivity index (χ0) is 13.4. The number of fused-ring (bicyclic) bond motifs is 1. The minimum Gasteiger partial charge on any atom is -0.315 e. The summed E-state index contributed by atoms with van der Waals surface area (Å²) in [5.74, 6) is 0. The van der Waals surface area contributed by atoms with E-state index in [4.69, 9.17) is 0 Å². The van der Waals surface area contributed by atoms with Crippen molar-refractivity contribution in [2.24, 2.45) is 7.05 Å². The van der Waals surface area contributed by atoms with Crippen LogP contribution in [0.5, 0.6) is 0 Å². The first kappa shape index (κ1) is 12.2. The van der Waals surface area contributed by atoms with E-state index in [0.717, 1.165) is 19.4 Å². The summed E-state index contributed by atoms with van der Waals surface area (Å²) in [4.78, 5) is 24.9. The first-order valence-electron chi connectivity index (χ1n) is 6.61. The van der Waals surface area contributed by atoms with Gasteiger partial charge in [0, 0.05) is 13.6 Å². The lowest BCUT2D eigenvalue weighted by molar-refractivity contribution is 0.351. The van der Waals surface area contributed by atoms with Crippen LogP contribution in [0.1, 0.15) is 18.9 Å². The Morgan fingerprint density at radius 1 is 1.26 bits per heavy atom. The molecule has 5 heteroatoms. The molecule has 1 atom stereocenters. The molecule has 0 saturated carbocycles. The summed E-state index contributed by atoms with van der Waals surface area (Å²) in [6, 6.07) is 7.22. The number of para-hydroxylation sites is 1. The van der Waals surface area contributed by atoms with Crippen LogP contribution in [0.2, 0.25) is 0 Å². The fourth-order valence-corrected chi connectivity index (χ4v) is 2.80. The van der Waals surface area contributed by atoms with E-state index in [2.05, 4.69) is 5.32 Å². The number of nitrogens with zero attached hydrogens (tertiary/aromatic N) is 2. The van der Waals surface area contributed by atoms with Gasteiger partial charge >= 0.3 is 5.69 Å². The SMILES string of the molecule is Cn1c(=O)n([C@H]2CCCNC2)c(=O)c2ccccc21. The molecule has 1 aliphatic heterocycles. The van der Waals surface area contributed by atoms with Crippen molar-refractivity contribution in [1.82, 2.24) is 14.5 Å². The molecule has 100 valence electrons. The number of aryl methyl sites for hydroxylation is 1. The summed E-state index contributed by atoms with van der Waals surface area (Å²) >= 11 is 0. The number of aromatic nitrogens is 2. The molecule has 3 rings (SSSR count). The lowest BCUT2D eigenvalue weighted by Gasteiger charge is -2.25. The van der Waals surface area contributed by atoms with Gasteiger partial charge in [-0.1, -0.05) is 12.1 Å². The highest BCUT2D eigenvalue weighted by Gasteiger charge is 2.20. The third-order valence-electron chi connectivity index (χ3n) is 3.84. The fourth-order valence-electron chi connectivity index (χ4n) is 2.80. The number of hydrogen-bond acceptors (Lipinski definition) is 3. The predicted octanol–water partition coefficient (Wildman–Crippen LogP) is 0.625. The molecule has 0 aliphatic carbocycles. The maximum absolute atomic E-state index is 12.5. The standard InChI is InChI=1S/C14H17N3O2/c1-16-12-7-3-2-6-11(12)13(18)17(14(16)19)10-5-4-8-15-9-10/h2-3,6-7,10,15H,4-5,8-9H2,1H3/t10-/m0/s1. The largest absolute Gasteiger partial charge is 0.331 e. The monoisotopic (exact) mass is 259 g/mol. The molecular weight excluding hydrogens is 242 g/mol. The van der Waals surface area contributed by atoms with Gasteiger partial charge in [0.1, 0.15) is 0 Å². The van der Waals surface area contributed by atoms with Gasteiger partial charge in [-0.05, 0) is 31.5 Å². The smallest absolute Gasteiger partial charge is 0.315 e. The molecule has 1 aromatic carbocycles. The van der Waals surface area contributed by atoms with Gasteiger partial charge in [0.05, 0.1) is 16.9 Å². The van der Waals surface area contributed by atoms with Crippen LogP contribution in [0.25, 0.3) is 10.9 Å². The third-order valence-corrected chi connectivity index (χ3v) is 3.84. The highest BCUT2D eigenvalue weighted by atomic mass is 16.2. The summed E-state index contributed by atoms with van der Waals surface area (Å²) in [6.07, 6.45) is 1.87. The molecule has 2 aromatic rings. The van der Waals surface area contributed by atoms with Gasteiger partial charge in [-0.2, -0.15) is 0 Å². The van der Waals surface area contributed by atoms with Crippen LogP contribution in [0.3, 0.4) is 0 Å². The van der Waals surface area contributed by atoms with Crippen LogP contribution in [0.4, 0.5) is 0 Å². The topological polar surface area (TPSA) is 56.0 Å². The van der Waals surface area contributed by atoms with E-state index < -0.39 is 0 Å². The third kappa shape index (κ3) is 1.90. The van der Waals surface area contributed by atoms with E-state index in [1.807, 2.05) is 18.2 Å². The van der Waals surface area contributed by atoms with E-state index in [1.165, 1.54) is 4.57 Å². The minimum absolute atomic E-state index is 0.0374. The highest BCUT2D eigenvalue weighted by Crippen LogP contribution is 2.14. The molecule has 1 fully saturated rings. The Balaban J connectivity index is 2.30. The van der Waals surface area contributed by atoms with E-state index in [9.17, 15) is 9.59 Å². The predicted molar refractivity (Wildman–Crippen MR) is 74.6 cm³/mol. The van der Waals surface area contributed by atoms with Gasteiger partial charge in [-0.15, -0.1) is 0 Å². The van der Waals surface area contributed by atoms with E-state index in [0.29, 0.717) is 17.4 Å². The number of hydrogen-bond donors (Lipinski definition) is 1. The zero-order valence-corrected chi connectivity index (χ0v) is 10.9. The van der Waals surface area contributed by atoms with Gasteiger partial charge in [0.25, 0.3) is 5.56 Å². The number of piperidine rings is 1. The second-order valence-electron chi connectivity index (χ2n) is 5.03. The molecule has 1 saturated heterocycles. The molecule has 19 heavy (non-hydrogen) atoms. The summed E-state index contributed by atoms with van der Waals surface area (Å²) < 4.78 is 2.97. The number of rotatable bonds is 1. The van der Waals surface area contributed by atoms with Crippen molar-refractivity contribution in [3.05, 3.63) is 45.1 Å². The molecule has 1 aliphatic rings. The van der Waals surface area contributed by atoms with Gasteiger partial charge in [0.15, 0.2) is 0 Å². The van der Waals surface area contributed by atoms with Crippen molar-refractivity contribution < 1.29 is 0 Å². The summed E-state index contributed by atoms with van der Waals surface area (Å²) in [7, 11) is 1.72.